The van der Waals surface area contributed by atoms with Crippen LogP contribution in [0.3, 0.4) is 0 Å². The number of hydrogen-bond donors (Lipinski definition) is 3. The molecule has 103 heavy (non-hydrogen) atoms. The second-order valence-corrected chi connectivity index (χ2v) is 28.6. The number of rotatable bonds is 4. The molecule has 2 aliphatic carbocycles. The van der Waals surface area contributed by atoms with Gasteiger partial charge in [-0.3, -0.25) is 4.79 Å². The third-order valence-electron chi connectivity index (χ3n) is 19.7. The van der Waals surface area contributed by atoms with Gasteiger partial charge in [0.05, 0.1) is 31.2 Å². The van der Waals surface area contributed by atoms with Crippen molar-refractivity contribution in [1.82, 2.24) is 44.5 Å². The molecule has 14 rings (SSSR count). The van der Waals surface area contributed by atoms with Gasteiger partial charge in [0.1, 0.15) is 11.2 Å². The van der Waals surface area contributed by atoms with E-state index in [2.05, 4.69) is 74.4 Å². The molecule has 550 valence electrons. The fraction of sp³-hybridized carbons (Fsp3) is 0.500. The molecule has 0 spiro atoms. The van der Waals surface area contributed by atoms with Gasteiger partial charge in [0.25, 0.3) is 5.91 Å². The number of nitrogens with one attached hydrogen (secondary N) is 1. The van der Waals surface area contributed by atoms with Crippen LogP contribution >= 0.6 is 35.6 Å². The number of fused-ring (bicyclic) bond motifs is 3. The van der Waals surface area contributed by atoms with Crippen molar-refractivity contribution in [2.75, 3.05) is 123 Å². The summed E-state index contributed by atoms with van der Waals surface area (Å²) in [7, 11) is 0. The summed E-state index contributed by atoms with van der Waals surface area (Å²) in [4.78, 5) is 105. The summed E-state index contributed by atoms with van der Waals surface area (Å²) in [5.41, 5.74) is 4.31. The van der Waals surface area contributed by atoms with Crippen molar-refractivity contribution in [1.29, 1.82) is 0 Å². The summed E-state index contributed by atoms with van der Waals surface area (Å²) in [5.74, 6) is 1.19. The Bertz CT molecular complexity index is 4020. The third kappa shape index (κ3) is 22.9. The van der Waals surface area contributed by atoms with Gasteiger partial charge < -0.3 is 59.5 Å². The SMILES string of the molecule is C.Cl.ClCCl.O=C=O.OC1CC1.[C-]#[N+]c1ccc2cc(C3CCN(C(=O)N4CCN(C(=O)C5(O)CC5)CC4)CC3)ccc2c1.[C-]#[N+]c1ccc2cc(C3CCN(C(=O)N4CCN(C(=O)OC(C)(C)C)CC4)CC3)ccc2c1.[C-]#[N+]c1ccc2cc(C3CCN(C(=O)N4CCNCC4)CC3)ccc2c1. The molecule has 8 fully saturated rings. The maximum atomic E-state index is 13.0. The van der Waals surface area contributed by atoms with Gasteiger partial charge in [-0.1, -0.05) is 98.4 Å². The molecule has 2 saturated carbocycles. The number of piperazine rings is 3. The Balaban J connectivity index is 0.000000201. The number of amides is 8. The molecule has 25 heteroatoms. The molecule has 6 aromatic rings. The number of halogens is 3. The average Bonchev–Trinajstić information content (AvgIpc) is 1.63. The Labute approximate surface area is 621 Å². The number of hydrogen-bond acceptors (Lipinski definition) is 11. The van der Waals surface area contributed by atoms with E-state index in [0.29, 0.717) is 100 Å². The van der Waals surface area contributed by atoms with Crippen LogP contribution in [-0.4, -0.2) is 226 Å². The van der Waals surface area contributed by atoms with E-state index >= 15 is 0 Å². The van der Waals surface area contributed by atoms with Crippen LogP contribution in [0.5, 0.6) is 0 Å². The topological polar surface area (TPSA) is 220 Å². The van der Waals surface area contributed by atoms with Gasteiger partial charge in [-0.2, -0.15) is 9.59 Å². The minimum absolute atomic E-state index is 0. The predicted octanol–water partition coefficient (Wildman–Crippen LogP) is 14.2. The summed E-state index contributed by atoms with van der Waals surface area (Å²) >= 11 is 9.53. The van der Waals surface area contributed by atoms with Crippen LogP contribution < -0.4 is 5.32 Å². The van der Waals surface area contributed by atoms with Crippen LogP contribution in [0.2, 0.25) is 0 Å². The molecule has 0 aromatic heterocycles. The highest BCUT2D eigenvalue weighted by atomic mass is 35.5. The summed E-state index contributed by atoms with van der Waals surface area (Å²) in [6.45, 7) is 39.2. The molecule has 6 aliphatic heterocycles. The van der Waals surface area contributed by atoms with E-state index in [-0.39, 0.29) is 67.5 Å². The molecule has 0 atom stereocenters. The van der Waals surface area contributed by atoms with Gasteiger partial charge >= 0.3 is 30.3 Å². The Morgan fingerprint density at radius 2 is 0.738 bits per heavy atom. The van der Waals surface area contributed by atoms with E-state index in [4.69, 9.17) is 62.4 Å². The molecule has 22 nitrogen and oxygen atoms in total. The predicted molar refractivity (Wildman–Crippen MR) is 404 cm³/mol. The first-order valence-electron chi connectivity index (χ1n) is 35.0. The van der Waals surface area contributed by atoms with Crippen molar-refractivity contribution < 1.29 is 48.5 Å². The monoisotopic (exact) mass is 1470 g/mol. The second-order valence-electron chi connectivity index (χ2n) is 27.8. The Hall–Kier alpha value is -8.75. The number of aliphatic hydroxyl groups is 2. The Kier molecular flexibility index (Phi) is 30.6. The first kappa shape index (κ1) is 81.5. The van der Waals surface area contributed by atoms with Crippen LogP contribution in [0.4, 0.5) is 36.2 Å². The number of carbonyl (C=O) groups is 5. The zero-order valence-electron chi connectivity index (χ0n) is 58.5. The van der Waals surface area contributed by atoms with Gasteiger partial charge in [-0.15, -0.1) is 35.6 Å². The second kappa shape index (κ2) is 38.7. The zero-order chi connectivity index (χ0) is 72.2. The molecule has 3 N–H and O–H groups in total. The maximum absolute atomic E-state index is 13.0. The number of nitrogens with zero attached hydrogens (tertiary/aromatic N) is 11. The van der Waals surface area contributed by atoms with E-state index in [9.17, 15) is 29.1 Å². The largest absolute Gasteiger partial charge is 0.444 e. The van der Waals surface area contributed by atoms with E-state index in [1.54, 1.807) is 9.80 Å². The highest BCUT2D eigenvalue weighted by Gasteiger charge is 2.50. The fourth-order valence-electron chi connectivity index (χ4n) is 13.6. The van der Waals surface area contributed by atoms with E-state index in [1.807, 2.05) is 105 Å². The summed E-state index contributed by atoms with van der Waals surface area (Å²) in [5, 5.41) is 28.5. The molecule has 0 radical (unpaired) electrons. The number of piperidine rings is 3. The summed E-state index contributed by atoms with van der Waals surface area (Å²) < 4.78 is 5.44. The van der Waals surface area contributed by atoms with Gasteiger partial charge in [-0.05, 0) is 170 Å². The quantitative estimate of drug-likeness (QED) is 0.111. The van der Waals surface area contributed by atoms with Crippen LogP contribution in [0.25, 0.3) is 46.9 Å². The number of carbonyl (C=O) groups excluding carboxylic acids is 7. The van der Waals surface area contributed by atoms with Crippen LogP contribution in [0.15, 0.2) is 109 Å². The van der Waals surface area contributed by atoms with Crippen molar-refractivity contribution in [3.8, 4) is 0 Å². The van der Waals surface area contributed by atoms with Crippen LogP contribution in [0, 0.1) is 19.7 Å². The molecule has 6 aromatic carbocycles. The highest BCUT2D eigenvalue weighted by Crippen LogP contribution is 2.38. The van der Waals surface area contributed by atoms with Gasteiger partial charge in [0.2, 0.25) is 0 Å². The zero-order valence-corrected chi connectivity index (χ0v) is 60.8. The average molecular weight is 1470 g/mol. The normalized spacial score (nSPS) is 18.1. The number of likely N-dealkylation sites (tertiary alicyclic amines) is 3. The van der Waals surface area contributed by atoms with Crippen molar-refractivity contribution in [3.63, 3.8) is 0 Å². The Morgan fingerprint density at radius 1 is 0.476 bits per heavy atom. The molecule has 8 amide bonds. The van der Waals surface area contributed by atoms with Gasteiger partial charge in [0, 0.05) is 118 Å². The number of benzene rings is 6. The van der Waals surface area contributed by atoms with Crippen molar-refractivity contribution in [3.05, 3.63) is 160 Å². The smallest absolute Gasteiger partial charge is 0.410 e. The van der Waals surface area contributed by atoms with Crippen molar-refractivity contribution >= 4 is 121 Å². The number of ether oxygens (including phenoxy) is 1. The lowest BCUT2D eigenvalue weighted by Crippen LogP contribution is -2.56. The standard InChI is InChI=1S/C26H32N4O3.C25H28N4O3.C21H24N4O.C3H6O.CH2Cl2.CO2.CH4.ClH/c1-26(2,3)33-25(32)30-15-13-29(14-16-30)24(31)28-11-9-19(10-12-28)20-5-6-22-18-23(27-4)8-7-21(22)17-20;1-26-22-5-4-20-16-19(2-3-21(20)17-22)18-6-10-28(11-7-18)24(31)29-14-12-27(13-15-29)23(30)25(32)8-9-25;1-22-20-5-4-18-14-17(2-3-19(18)15-20)16-6-10-24(11-7-16)21(26)25-12-8-23-9-13-25;4-3-1-2-3;2*2-1-3;;/h5-8,17-19H,9-16H2,1-3H3;2-5,16-18,32H,6-15H2;2-5,14-16,23H,6-13H2;3-4H,1-2H2;1H2;;1H4;1H. The van der Waals surface area contributed by atoms with Crippen molar-refractivity contribution in [2.45, 2.75) is 127 Å². The van der Waals surface area contributed by atoms with Crippen molar-refractivity contribution in [2.24, 2.45) is 0 Å². The summed E-state index contributed by atoms with van der Waals surface area (Å²) in [6, 6.07) is 37.3. The maximum Gasteiger partial charge on any atom is 0.410 e. The minimum atomic E-state index is -1.13. The van der Waals surface area contributed by atoms with E-state index in [1.165, 1.54) is 22.1 Å². The molecule has 6 heterocycles. The highest BCUT2D eigenvalue weighted by molar-refractivity contribution is 6.40. The molecule has 0 bridgehead atoms. The first-order valence-corrected chi connectivity index (χ1v) is 36.1. The lowest BCUT2D eigenvalue weighted by atomic mass is 9.88. The first-order chi connectivity index (χ1) is 48.7. The molecule has 8 aliphatic rings. The minimum Gasteiger partial charge on any atom is -0.444 e. The number of aliphatic hydroxyl groups excluding tert-OH is 1. The third-order valence-corrected chi connectivity index (χ3v) is 19.7. The lowest BCUT2D eigenvalue weighted by Gasteiger charge is -2.40. The number of alkyl halides is 2. The molecule has 0 unspecified atom stereocenters. The lowest BCUT2D eigenvalue weighted by molar-refractivity contribution is -0.191. The van der Waals surface area contributed by atoms with Gasteiger partial charge in [0.15, 0.2) is 17.1 Å². The molecule has 6 saturated heterocycles. The molecular weight excluding hydrogens is 1370 g/mol. The number of urea groups is 3. The van der Waals surface area contributed by atoms with Crippen LogP contribution in [-0.2, 0) is 19.1 Å². The molecular formula is C78H97Cl3N12O10. The van der Waals surface area contributed by atoms with Crippen LogP contribution in [0.1, 0.15) is 127 Å². The Morgan fingerprint density at radius 3 is 1.02 bits per heavy atom. The van der Waals surface area contributed by atoms with Gasteiger partial charge in [-0.25, -0.2) is 33.7 Å². The summed E-state index contributed by atoms with van der Waals surface area (Å²) in [6.07, 6.45) is 9.00. The van der Waals surface area contributed by atoms with E-state index < -0.39 is 11.2 Å². The van der Waals surface area contributed by atoms with E-state index in [0.717, 1.165) is 144 Å². The fourth-order valence-corrected chi connectivity index (χ4v) is 13.6.